The second-order valence-corrected chi connectivity index (χ2v) is 4.63. The van der Waals surface area contributed by atoms with Crippen molar-refractivity contribution in [3.05, 3.63) is 60.4 Å². The van der Waals surface area contributed by atoms with Crippen LogP contribution >= 0.6 is 0 Å². The molecule has 19 heavy (non-hydrogen) atoms. The van der Waals surface area contributed by atoms with Crippen molar-refractivity contribution in [2.24, 2.45) is 0 Å². The van der Waals surface area contributed by atoms with Crippen molar-refractivity contribution in [1.29, 1.82) is 0 Å². The van der Waals surface area contributed by atoms with Crippen molar-refractivity contribution in [3.8, 4) is 0 Å². The summed E-state index contributed by atoms with van der Waals surface area (Å²) in [5, 5.41) is 3.11. The van der Waals surface area contributed by atoms with Crippen LogP contribution in [0, 0.1) is 0 Å². The lowest BCUT2D eigenvalue weighted by atomic mass is 10.2. The van der Waals surface area contributed by atoms with Crippen LogP contribution in [0.25, 0.3) is 0 Å². The fraction of sp³-hybridized carbons (Fsp3) is 0.200. The zero-order chi connectivity index (χ0) is 13.7. The molecule has 0 saturated carbocycles. The first-order valence-corrected chi connectivity index (χ1v) is 6.03. The summed E-state index contributed by atoms with van der Waals surface area (Å²) in [5.74, 6) is -0.359. The number of hydrogen-bond donors (Lipinski definition) is 1. The lowest BCUT2D eigenvalue weighted by molar-refractivity contribution is 0.0105. The molecule has 0 unspecified atom stereocenters. The van der Waals surface area contributed by atoms with Crippen LogP contribution in [0.3, 0.4) is 0 Å². The van der Waals surface area contributed by atoms with Gasteiger partial charge < -0.3 is 10.1 Å². The molecule has 0 aliphatic rings. The maximum Gasteiger partial charge on any atom is 0.340 e. The standard InChI is InChI=1S/C15H16N2O2/c1-15(2,17-13-9-6-10-16-11-13)19-14(18)12-7-4-3-5-8-12/h3-11,17H,1-2H3. The molecule has 0 fully saturated rings. The van der Waals surface area contributed by atoms with Crippen LogP contribution < -0.4 is 5.32 Å². The summed E-state index contributed by atoms with van der Waals surface area (Å²) in [6.07, 6.45) is 3.37. The van der Waals surface area contributed by atoms with Crippen LogP contribution in [0.15, 0.2) is 54.9 Å². The highest BCUT2D eigenvalue weighted by molar-refractivity contribution is 5.89. The summed E-state index contributed by atoms with van der Waals surface area (Å²) >= 11 is 0. The average Bonchev–Trinajstić information content (AvgIpc) is 2.39. The zero-order valence-electron chi connectivity index (χ0n) is 11.0. The molecule has 98 valence electrons. The number of benzene rings is 1. The lowest BCUT2D eigenvalue weighted by Gasteiger charge is -2.27. The summed E-state index contributed by atoms with van der Waals surface area (Å²) < 4.78 is 5.45. The minimum Gasteiger partial charge on any atom is -0.436 e. The minimum atomic E-state index is -0.810. The molecular formula is C15H16N2O2. The first-order chi connectivity index (χ1) is 9.07. The van der Waals surface area contributed by atoms with Crippen molar-refractivity contribution in [2.75, 3.05) is 5.32 Å². The van der Waals surface area contributed by atoms with E-state index in [1.165, 1.54) is 0 Å². The van der Waals surface area contributed by atoms with E-state index in [1.54, 1.807) is 50.5 Å². The second-order valence-electron chi connectivity index (χ2n) is 4.63. The van der Waals surface area contributed by atoms with Gasteiger partial charge in [-0.3, -0.25) is 4.98 Å². The molecular weight excluding hydrogens is 240 g/mol. The van der Waals surface area contributed by atoms with E-state index in [1.807, 2.05) is 18.2 Å². The van der Waals surface area contributed by atoms with Crippen LogP contribution in [0.5, 0.6) is 0 Å². The number of nitrogens with zero attached hydrogens (tertiary/aromatic N) is 1. The normalized spacial score (nSPS) is 10.8. The second kappa shape index (κ2) is 5.52. The van der Waals surface area contributed by atoms with E-state index in [9.17, 15) is 4.79 Å². The van der Waals surface area contributed by atoms with E-state index < -0.39 is 5.72 Å². The molecule has 0 spiro atoms. The Morgan fingerprint density at radius 3 is 2.53 bits per heavy atom. The summed E-state index contributed by atoms with van der Waals surface area (Å²) in [6.45, 7) is 3.58. The number of nitrogens with one attached hydrogen (secondary N) is 1. The van der Waals surface area contributed by atoms with E-state index in [0.717, 1.165) is 5.69 Å². The van der Waals surface area contributed by atoms with E-state index in [-0.39, 0.29) is 5.97 Å². The number of carbonyl (C=O) groups excluding carboxylic acids is 1. The third kappa shape index (κ3) is 3.81. The summed E-state index contributed by atoms with van der Waals surface area (Å²) in [4.78, 5) is 16.0. The molecule has 0 saturated heterocycles. The molecule has 0 aliphatic carbocycles. The van der Waals surface area contributed by atoms with Crippen molar-refractivity contribution < 1.29 is 9.53 Å². The fourth-order valence-corrected chi connectivity index (χ4v) is 1.67. The van der Waals surface area contributed by atoms with Gasteiger partial charge in [0.15, 0.2) is 5.72 Å². The number of hydrogen-bond acceptors (Lipinski definition) is 4. The highest BCUT2D eigenvalue weighted by atomic mass is 16.6. The number of ether oxygens (including phenoxy) is 1. The SMILES string of the molecule is CC(C)(Nc1cccnc1)OC(=O)c1ccccc1. The van der Waals surface area contributed by atoms with Gasteiger partial charge in [0.25, 0.3) is 0 Å². The molecule has 1 aromatic heterocycles. The van der Waals surface area contributed by atoms with Crippen molar-refractivity contribution in [1.82, 2.24) is 4.98 Å². The number of rotatable bonds is 4. The Bertz CT molecular complexity index is 539. The highest BCUT2D eigenvalue weighted by Crippen LogP contribution is 2.16. The van der Waals surface area contributed by atoms with Gasteiger partial charge >= 0.3 is 5.97 Å². The van der Waals surface area contributed by atoms with E-state index >= 15 is 0 Å². The van der Waals surface area contributed by atoms with Gasteiger partial charge in [0.1, 0.15) is 0 Å². The summed E-state index contributed by atoms with van der Waals surface area (Å²) in [6, 6.07) is 12.6. The van der Waals surface area contributed by atoms with Crippen LogP contribution in [0.1, 0.15) is 24.2 Å². The molecule has 0 radical (unpaired) electrons. The van der Waals surface area contributed by atoms with E-state index in [4.69, 9.17) is 4.74 Å². The maximum atomic E-state index is 12.0. The third-order valence-electron chi connectivity index (χ3n) is 2.46. The van der Waals surface area contributed by atoms with Crippen LogP contribution in [-0.4, -0.2) is 16.7 Å². The molecule has 1 heterocycles. The van der Waals surface area contributed by atoms with Gasteiger partial charge in [-0.15, -0.1) is 0 Å². The molecule has 1 N–H and O–H groups in total. The van der Waals surface area contributed by atoms with Gasteiger partial charge in [0.2, 0.25) is 0 Å². The summed E-state index contributed by atoms with van der Waals surface area (Å²) in [5.41, 5.74) is 0.521. The molecule has 1 aromatic carbocycles. The first-order valence-electron chi connectivity index (χ1n) is 6.03. The maximum absolute atomic E-state index is 12.0. The Labute approximate surface area is 112 Å². The topological polar surface area (TPSA) is 51.2 Å². The largest absolute Gasteiger partial charge is 0.436 e. The van der Waals surface area contributed by atoms with E-state index in [0.29, 0.717) is 5.56 Å². The Hall–Kier alpha value is -2.36. The average molecular weight is 256 g/mol. The number of carbonyl (C=O) groups is 1. The predicted molar refractivity (Wildman–Crippen MR) is 73.8 cm³/mol. The number of esters is 1. The minimum absolute atomic E-state index is 0.359. The number of aromatic nitrogens is 1. The van der Waals surface area contributed by atoms with E-state index in [2.05, 4.69) is 10.3 Å². The monoisotopic (exact) mass is 256 g/mol. The molecule has 0 amide bonds. The predicted octanol–water partition coefficient (Wildman–Crippen LogP) is 3.09. The molecule has 2 rings (SSSR count). The van der Waals surface area contributed by atoms with Crippen molar-refractivity contribution >= 4 is 11.7 Å². The number of anilines is 1. The van der Waals surface area contributed by atoms with Gasteiger partial charge in [-0.05, 0) is 38.1 Å². The molecule has 4 nitrogen and oxygen atoms in total. The van der Waals surface area contributed by atoms with Gasteiger partial charge in [-0.25, -0.2) is 4.79 Å². The lowest BCUT2D eigenvalue weighted by Crippen LogP contribution is -2.36. The molecule has 0 bridgehead atoms. The van der Waals surface area contributed by atoms with Gasteiger partial charge in [0, 0.05) is 6.20 Å². The Balaban J connectivity index is 2.03. The van der Waals surface area contributed by atoms with Crippen molar-refractivity contribution in [3.63, 3.8) is 0 Å². The fourth-order valence-electron chi connectivity index (χ4n) is 1.67. The Morgan fingerprint density at radius 2 is 1.89 bits per heavy atom. The molecule has 2 aromatic rings. The van der Waals surface area contributed by atoms with Gasteiger partial charge in [-0.2, -0.15) is 0 Å². The van der Waals surface area contributed by atoms with Crippen molar-refractivity contribution in [2.45, 2.75) is 19.6 Å². The van der Waals surface area contributed by atoms with Crippen LogP contribution in [0.4, 0.5) is 5.69 Å². The number of pyridine rings is 1. The van der Waals surface area contributed by atoms with Crippen LogP contribution in [-0.2, 0) is 4.74 Å². The molecule has 0 atom stereocenters. The zero-order valence-corrected chi connectivity index (χ0v) is 11.0. The highest BCUT2D eigenvalue weighted by Gasteiger charge is 2.23. The smallest absolute Gasteiger partial charge is 0.340 e. The van der Waals surface area contributed by atoms with Gasteiger partial charge in [-0.1, -0.05) is 18.2 Å². The summed E-state index contributed by atoms with van der Waals surface area (Å²) in [7, 11) is 0. The molecule has 4 heteroatoms. The van der Waals surface area contributed by atoms with Gasteiger partial charge in [0.05, 0.1) is 17.4 Å². The Kier molecular flexibility index (Phi) is 3.80. The quantitative estimate of drug-likeness (QED) is 0.674. The molecule has 0 aliphatic heterocycles. The first kappa shape index (κ1) is 13.1. The van der Waals surface area contributed by atoms with Crippen LogP contribution in [0.2, 0.25) is 0 Å². The third-order valence-corrected chi connectivity index (χ3v) is 2.46. The Morgan fingerprint density at radius 1 is 1.16 bits per heavy atom.